The van der Waals surface area contributed by atoms with Crippen molar-refractivity contribution in [3.8, 4) is 28.8 Å². The van der Waals surface area contributed by atoms with Crippen molar-refractivity contribution < 1.29 is 29.0 Å². The van der Waals surface area contributed by atoms with Crippen molar-refractivity contribution in [2.75, 3.05) is 70.5 Å². The van der Waals surface area contributed by atoms with Gasteiger partial charge in [-0.3, -0.25) is 24.2 Å². The van der Waals surface area contributed by atoms with E-state index in [0.29, 0.717) is 88.6 Å². The van der Waals surface area contributed by atoms with Crippen LogP contribution in [0.5, 0.6) is 11.5 Å². The van der Waals surface area contributed by atoms with Crippen LogP contribution >= 0.6 is 11.6 Å². The van der Waals surface area contributed by atoms with Gasteiger partial charge in [0, 0.05) is 105 Å². The van der Waals surface area contributed by atoms with Crippen molar-refractivity contribution in [1.29, 1.82) is 5.26 Å². The van der Waals surface area contributed by atoms with E-state index < -0.39 is 0 Å². The third-order valence-electron chi connectivity index (χ3n) is 15.8. The summed E-state index contributed by atoms with van der Waals surface area (Å²) in [6.45, 7) is 12.4. The molecular weight excluding hydrogens is 952 g/mol. The van der Waals surface area contributed by atoms with E-state index in [1.165, 1.54) is 24.1 Å². The van der Waals surface area contributed by atoms with Crippen LogP contribution in [-0.4, -0.2) is 123 Å². The minimum absolute atomic E-state index is 0.0559. The molecule has 6 aromatic rings. The number of amides is 3. The Balaban J connectivity index is 0.993. The van der Waals surface area contributed by atoms with Crippen LogP contribution < -0.4 is 9.64 Å². The van der Waals surface area contributed by atoms with Gasteiger partial charge in [-0.25, -0.2) is 0 Å². The van der Waals surface area contributed by atoms with Crippen LogP contribution in [-0.2, 0) is 56.0 Å². The summed E-state index contributed by atoms with van der Waals surface area (Å²) in [4.78, 5) is 55.6. The molecule has 4 aliphatic heterocycles. The zero-order chi connectivity index (χ0) is 51.6. The number of phenolic OH excluding ortho intramolecular Hbond substituents is 1. The highest BCUT2D eigenvalue weighted by atomic mass is 35.5. The highest BCUT2D eigenvalue weighted by Gasteiger charge is 2.36. The van der Waals surface area contributed by atoms with E-state index >= 15 is 9.59 Å². The van der Waals surface area contributed by atoms with Crippen LogP contribution in [0.25, 0.3) is 11.3 Å². The zero-order valence-corrected chi connectivity index (χ0v) is 43.7. The first-order chi connectivity index (χ1) is 35.8. The lowest BCUT2D eigenvalue weighted by atomic mass is 9.89. The molecule has 384 valence electrons. The average molecular weight is 1020 g/mol. The highest BCUT2D eigenvalue weighted by Crippen LogP contribution is 2.39. The van der Waals surface area contributed by atoms with Gasteiger partial charge >= 0.3 is 0 Å². The Bertz CT molecular complexity index is 3130. The lowest BCUT2D eigenvalue weighted by Gasteiger charge is -2.41. The Morgan fingerprint density at radius 1 is 0.797 bits per heavy atom. The number of phenols is 1. The second kappa shape index (κ2) is 21.9. The molecule has 0 spiro atoms. The van der Waals surface area contributed by atoms with Crippen molar-refractivity contribution in [3.05, 3.63) is 152 Å². The molecule has 3 amide bonds. The number of hydrogen-bond donors (Lipinski definition) is 1. The summed E-state index contributed by atoms with van der Waals surface area (Å²) in [6.07, 6.45) is 4.94. The first kappa shape index (κ1) is 50.6. The molecule has 6 heterocycles. The van der Waals surface area contributed by atoms with Gasteiger partial charge in [-0.1, -0.05) is 48.4 Å². The summed E-state index contributed by atoms with van der Waals surface area (Å²) in [7, 11) is 3.72. The standard InChI is InChI=1S/C59H65ClN8O6/c1-39-51(59(72)68(46-13-15-49(69)16-14-46)55-32-47(35-61)62(3)40(55)2)34-56(63(39)4)52-29-42-18-21-66(57(70)31-43-12-17-50(33-54(43)60)74-27-24-64-22-25-73-26-23-64)36-45(42)30-53(52)58(71)67-37-44-11-7-6-10-41(44)28-48(67)38-65-19-8-5-9-20-65/h6-7,10-17,29-30,32-34,48,69H,5,8-9,18-28,31,36-38H2,1-4H3/t48-/m0/s1. The van der Waals surface area contributed by atoms with E-state index in [2.05, 4.69) is 45.0 Å². The largest absolute Gasteiger partial charge is 0.508 e. The zero-order valence-electron chi connectivity index (χ0n) is 42.9. The molecule has 10 rings (SSSR count). The van der Waals surface area contributed by atoms with Gasteiger partial charge in [-0.2, -0.15) is 5.26 Å². The van der Waals surface area contributed by atoms with Gasteiger partial charge in [-0.05, 0) is 141 Å². The van der Waals surface area contributed by atoms with Crippen molar-refractivity contribution in [2.45, 2.75) is 71.5 Å². The van der Waals surface area contributed by atoms with E-state index in [1.54, 1.807) is 40.8 Å². The van der Waals surface area contributed by atoms with E-state index in [0.717, 1.165) is 99.7 Å². The number of piperidine rings is 1. The fourth-order valence-electron chi connectivity index (χ4n) is 11.2. The van der Waals surface area contributed by atoms with E-state index in [4.69, 9.17) is 21.1 Å². The summed E-state index contributed by atoms with van der Waals surface area (Å²) in [5.74, 6) is 0.247. The molecule has 0 unspecified atom stereocenters. The number of rotatable bonds is 13. The number of ether oxygens (including phenoxy) is 2. The Morgan fingerprint density at radius 2 is 1.55 bits per heavy atom. The van der Waals surface area contributed by atoms with Crippen molar-refractivity contribution in [1.82, 2.24) is 28.7 Å². The van der Waals surface area contributed by atoms with E-state index in [9.17, 15) is 15.2 Å². The second-order valence-electron chi connectivity index (χ2n) is 20.3. The molecule has 2 aromatic heterocycles. The number of aromatic nitrogens is 2. The van der Waals surface area contributed by atoms with Gasteiger partial charge in [0.1, 0.15) is 29.9 Å². The van der Waals surface area contributed by atoms with E-state index in [-0.39, 0.29) is 35.9 Å². The maximum absolute atomic E-state index is 15.8. The quantitative estimate of drug-likeness (QED) is 0.120. The monoisotopic (exact) mass is 1020 g/mol. The molecule has 15 heteroatoms. The number of fused-ring (bicyclic) bond motifs is 2. The Morgan fingerprint density at radius 3 is 2.28 bits per heavy atom. The van der Waals surface area contributed by atoms with Crippen molar-refractivity contribution in [2.24, 2.45) is 14.1 Å². The SMILES string of the molecule is Cc1c(N(C(=O)c2cc(-c3cc4c(cc3C(=O)N3Cc5ccccc5C[C@H]3CN3CCCCC3)CN(C(=O)Cc3ccc(OCCN5CCOCC5)cc3Cl)CC4)n(C)c2C)c2ccc(O)cc2)cc(C#N)n1C. The Kier molecular flexibility index (Phi) is 15.0. The van der Waals surface area contributed by atoms with Gasteiger partial charge in [0.05, 0.1) is 30.9 Å². The number of halogens is 1. The number of morpholine rings is 1. The third-order valence-corrected chi connectivity index (χ3v) is 16.2. The smallest absolute Gasteiger partial charge is 0.264 e. The molecule has 2 saturated heterocycles. The normalized spacial score (nSPS) is 17.1. The molecule has 2 fully saturated rings. The first-order valence-electron chi connectivity index (χ1n) is 26.0. The minimum Gasteiger partial charge on any atom is -0.508 e. The number of likely N-dealkylation sites (tertiary alicyclic amines) is 1. The van der Waals surface area contributed by atoms with Crippen molar-refractivity contribution >= 4 is 40.7 Å². The summed E-state index contributed by atoms with van der Waals surface area (Å²) in [6, 6.07) is 30.3. The number of benzene rings is 4. The molecule has 0 radical (unpaired) electrons. The van der Waals surface area contributed by atoms with Gasteiger partial charge in [0.15, 0.2) is 0 Å². The third kappa shape index (κ3) is 10.4. The lowest BCUT2D eigenvalue weighted by Crippen LogP contribution is -2.51. The summed E-state index contributed by atoms with van der Waals surface area (Å²) >= 11 is 6.81. The number of carbonyl (C=O) groups excluding carboxylic acids is 3. The van der Waals surface area contributed by atoms with Crippen LogP contribution in [0.2, 0.25) is 5.02 Å². The summed E-state index contributed by atoms with van der Waals surface area (Å²) in [5, 5.41) is 20.7. The predicted octanol–water partition coefficient (Wildman–Crippen LogP) is 8.75. The summed E-state index contributed by atoms with van der Waals surface area (Å²) in [5.41, 5.74) is 10.3. The molecule has 4 aliphatic rings. The number of carbonyl (C=O) groups is 3. The van der Waals surface area contributed by atoms with Gasteiger partial charge in [-0.15, -0.1) is 0 Å². The number of nitrogens with zero attached hydrogens (tertiary/aromatic N) is 8. The van der Waals surface area contributed by atoms with Crippen LogP contribution in [0.3, 0.4) is 0 Å². The highest BCUT2D eigenvalue weighted by molar-refractivity contribution is 6.31. The Hall–Kier alpha value is -6.89. The number of nitriles is 1. The fourth-order valence-corrected chi connectivity index (χ4v) is 11.5. The van der Waals surface area contributed by atoms with Crippen LogP contribution in [0.15, 0.2) is 91.0 Å². The predicted molar refractivity (Wildman–Crippen MR) is 286 cm³/mol. The fraction of sp³-hybridized carbons (Fsp3) is 0.390. The topological polar surface area (TPSA) is 140 Å². The van der Waals surface area contributed by atoms with E-state index in [1.807, 2.05) is 60.7 Å². The molecule has 1 atom stereocenters. The molecule has 74 heavy (non-hydrogen) atoms. The molecule has 14 nitrogen and oxygen atoms in total. The molecule has 1 N–H and O–H groups in total. The van der Waals surface area contributed by atoms with Crippen LogP contribution in [0, 0.1) is 25.2 Å². The molecule has 0 aliphatic carbocycles. The Labute approximate surface area is 438 Å². The first-order valence-corrected chi connectivity index (χ1v) is 26.3. The second-order valence-corrected chi connectivity index (χ2v) is 20.7. The van der Waals surface area contributed by atoms with Gasteiger partial charge in [0.2, 0.25) is 5.91 Å². The minimum atomic E-state index is -0.325. The van der Waals surface area contributed by atoms with Crippen LogP contribution in [0.4, 0.5) is 11.4 Å². The molecular formula is C59H65ClN8O6. The van der Waals surface area contributed by atoms with Crippen molar-refractivity contribution in [3.63, 3.8) is 0 Å². The summed E-state index contributed by atoms with van der Waals surface area (Å²) < 4.78 is 15.2. The molecule has 0 bridgehead atoms. The lowest BCUT2D eigenvalue weighted by molar-refractivity contribution is -0.131. The number of anilines is 2. The van der Waals surface area contributed by atoms with Gasteiger partial charge < -0.3 is 38.4 Å². The molecule has 0 saturated carbocycles. The average Bonchev–Trinajstić information content (AvgIpc) is 3.88. The number of hydrogen-bond acceptors (Lipinski definition) is 9. The maximum Gasteiger partial charge on any atom is 0.264 e. The maximum atomic E-state index is 15.8. The van der Waals surface area contributed by atoms with Crippen LogP contribution in [0.1, 0.15) is 84.9 Å². The molecule has 4 aromatic carbocycles. The number of aromatic hydroxyl groups is 1. The van der Waals surface area contributed by atoms with Gasteiger partial charge in [0.25, 0.3) is 11.8 Å².